The Morgan fingerprint density at radius 2 is 2.05 bits per heavy atom. The molecule has 0 aromatic rings. The Morgan fingerprint density at radius 1 is 1.27 bits per heavy atom. The van der Waals surface area contributed by atoms with Gasteiger partial charge in [-0.3, -0.25) is 14.4 Å². The van der Waals surface area contributed by atoms with E-state index in [1.807, 2.05) is 0 Å². The van der Waals surface area contributed by atoms with Gasteiger partial charge in [0, 0.05) is 32.5 Å². The fourth-order valence-electron chi connectivity index (χ4n) is 3.14. The summed E-state index contributed by atoms with van der Waals surface area (Å²) in [5, 5.41) is 2.83. The molecule has 2 rings (SSSR count). The van der Waals surface area contributed by atoms with Gasteiger partial charge in [0.25, 0.3) is 0 Å². The fourth-order valence-corrected chi connectivity index (χ4v) is 3.14. The van der Waals surface area contributed by atoms with Crippen LogP contribution in [0.1, 0.15) is 51.9 Å². The molecule has 0 aromatic carbocycles. The van der Waals surface area contributed by atoms with E-state index in [1.165, 1.54) is 0 Å². The van der Waals surface area contributed by atoms with Crippen molar-refractivity contribution in [3.05, 3.63) is 0 Å². The molecule has 0 unspecified atom stereocenters. The van der Waals surface area contributed by atoms with Crippen molar-refractivity contribution in [1.82, 2.24) is 10.2 Å². The van der Waals surface area contributed by atoms with Crippen LogP contribution >= 0.6 is 0 Å². The van der Waals surface area contributed by atoms with Gasteiger partial charge in [-0.05, 0) is 32.6 Å². The Hall–Kier alpha value is -1.59. The third kappa shape index (κ3) is 3.99. The van der Waals surface area contributed by atoms with E-state index >= 15 is 0 Å². The van der Waals surface area contributed by atoms with Crippen molar-refractivity contribution in [3.8, 4) is 0 Å². The third-order valence-electron chi connectivity index (χ3n) is 4.64. The average molecular weight is 310 g/mol. The second kappa shape index (κ2) is 7.61. The van der Waals surface area contributed by atoms with Crippen LogP contribution in [-0.2, 0) is 19.1 Å². The molecule has 124 valence electrons. The van der Waals surface area contributed by atoms with Crippen LogP contribution in [0, 0.1) is 5.41 Å². The number of carbonyl (C=O) groups excluding carboxylic acids is 3. The first kappa shape index (κ1) is 16.8. The highest BCUT2D eigenvalue weighted by molar-refractivity contribution is 5.86. The number of piperidine rings is 1. The van der Waals surface area contributed by atoms with Gasteiger partial charge < -0.3 is 15.0 Å². The maximum atomic E-state index is 12.1. The van der Waals surface area contributed by atoms with Gasteiger partial charge >= 0.3 is 5.97 Å². The van der Waals surface area contributed by atoms with Gasteiger partial charge in [-0.15, -0.1) is 0 Å². The molecule has 0 spiro atoms. The van der Waals surface area contributed by atoms with Gasteiger partial charge in [0.15, 0.2) is 0 Å². The molecule has 6 heteroatoms. The molecule has 0 atom stereocenters. The van der Waals surface area contributed by atoms with Crippen molar-refractivity contribution < 1.29 is 19.1 Å². The zero-order valence-electron chi connectivity index (χ0n) is 13.4. The highest BCUT2D eigenvalue weighted by Gasteiger charge is 2.46. The number of nitrogens with zero attached hydrogens (tertiary/aromatic N) is 1. The van der Waals surface area contributed by atoms with Crippen LogP contribution in [0.5, 0.6) is 0 Å². The number of carbonyl (C=O) groups is 3. The number of rotatable bonds is 7. The molecule has 0 radical (unpaired) electrons. The molecule has 6 nitrogen and oxygen atoms in total. The minimum Gasteiger partial charge on any atom is -0.466 e. The largest absolute Gasteiger partial charge is 0.466 e. The summed E-state index contributed by atoms with van der Waals surface area (Å²) in [6.45, 7) is 3.90. The Balaban J connectivity index is 1.73. The minimum atomic E-state index is -0.610. The standard InChI is InChI=1S/C16H26N2O4/c1-2-22-15(21)16(7-5-8-16)12-13(19)17-9-11-18-10-4-3-6-14(18)20/h2-12H2,1H3,(H,17,19). The molecule has 1 aliphatic heterocycles. The topological polar surface area (TPSA) is 75.7 Å². The third-order valence-corrected chi connectivity index (χ3v) is 4.64. The fraction of sp³-hybridized carbons (Fsp3) is 0.812. The number of amides is 2. The predicted molar refractivity (Wildman–Crippen MR) is 81.0 cm³/mol. The number of ether oxygens (including phenoxy) is 1. The monoisotopic (exact) mass is 310 g/mol. The summed E-state index contributed by atoms with van der Waals surface area (Å²) in [5.41, 5.74) is -0.610. The van der Waals surface area contributed by atoms with Crippen molar-refractivity contribution in [3.63, 3.8) is 0 Å². The summed E-state index contributed by atoms with van der Waals surface area (Å²) < 4.78 is 5.09. The molecule has 0 aromatic heterocycles. The minimum absolute atomic E-state index is 0.128. The van der Waals surface area contributed by atoms with E-state index < -0.39 is 5.41 Å². The number of nitrogens with one attached hydrogen (secondary N) is 1. The summed E-state index contributed by atoms with van der Waals surface area (Å²) >= 11 is 0. The van der Waals surface area contributed by atoms with E-state index in [9.17, 15) is 14.4 Å². The molecule has 0 bridgehead atoms. The zero-order valence-corrected chi connectivity index (χ0v) is 13.4. The SMILES string of the molecule is CCOC(=O)C1(CC(=O)NCCN2CCCCC2=O)CCC1. The lowest BCUT2D eigenvalue weighted by Crippen LogP contribution is -2.45. The van der Waals surface area contributed by atoms with Gasteiger partial charge in [-0.1, -0.05) is 6.42 Å². The van der Waals surface area contributed by atoms with Gasteiger partial charge in [0.05, 0.1) is 12.0 Å². The van der Waals surface area contributed by atoms with Crippen molar-refractivity contribution in [2.75, 3.05) is 26.2 Å². The number of hydrogen-bond donors (Lipinski definition) is 1. The van der Waals surface area contributed by atoms with Crippen LogP contribution in [0.4, 0.5) is 0 Å². The van der Waals surface area contributed by atoms with E-state index in [2.05, 4.69) is 5.32 Å². The van der Waals surface area contributed by atoms with Crippen LogP contribution in [0.25, 0.3) is 0 Å². The first-order chi connectivity index (χ1) is 10.6. The first-order valence-electron chi connectivity index (χ1n) is 8.29. The van der Waals surface area contributed by atoms with E-state index in [-0.39, 0.29) is 24.2 Å². The van der Waals surface area contributed by atoms with Crippen LogP contribution in [0.2, 0.25) is 0 Å². The van der Waals surface area contributed by atoms with Crippen molar-refractivity contribution in [2.45, 2.75) is 51.9 Å². The summed E-state index contributed by atoms with van der Waals surface area (Å²) in [4.78, 5) is 37.5. The lowest BCUT2D eigenvalue weighted by atomic mass is 9.66. The Bertz CT molecular complexity index is 432. The molecule has 2 amide bonds. The second-order valence-electron chi connectivity index (χ2n) is 6.22. The molecular formula is C16H26N2O4. The van der Waals surface area contributed by atoms with Crippen LogP contribution in [0.3, 0.4) is 0 Å². The Morgan fingerprint density at radius 3 is 2.64 bits per heavy atom. The zero-order chi connectivity index (χ0) is 16.0. The molecule has 1 saturated heterocycles. The summed E-state index contributed by atoms with van der Waals surface area (Å²) in [6, 6.07) is 0. The molecule has 2 fully saturated rings. The molecule has 1 aliphatic carbocycles. The number of hydrogen-bond acceptors (Lipinski definition) is 4. The van der Waals surface area contributed by atoms with E-state index in [1.54, 1.807) is 11.8 Å². The summed E-state index contributed by atoms with van der Waals surface area (Å²) in [6.07, 6.45) is 5.22. The van der Waals surface area contributed by atoms with E-state index in [0.717, 1.165) is 38.6 Å². The second-order valence-corrected chi connectivity index (χ2v) is 6.22. The molecule has 1 heterocycles. The maximum absolute atomic E-state index is 12.1. The van der Waals surface area contributed by atoms with Gasteiger partial charge in [0.2, 0.25) is 11.8 Å². The van der Waals surface area contributed by atoms with Crippen LogP contribution < -0.4 is 5.32 Å². The lowest BCUT2D eigenvalue weighted by molar-refractivity contribution is -0.163. The summed E-state index contributed by atoms with van der Waals surface area (Å²) in [5.74, 6) is -0.206. The highest BCUT2D eigenvalue weighted by atomic mass is 16.5. The Labute approximate surface area is 131 Å². The van der Waals surface area contributed by atoms with E-state index in [4.69, 9.17) is 4.74 Å². The van der Waals surface area contributed by atoms with Crippen molar-refractivity contribution >= 4 is 17.8 Å². The average Bonchev–Trinajstić information content (AvgIpc) is 2.45. The van der Waals surface area contributed by atoms with Gasteiger partial charge in [-0.2, -0.15) is 0 Å². The van der Waals surface area contributed by atoms with Crippen LogP contribution in [-0.4, -0.2) is 48.9 Å². The van der Waals surface area contributed by atoms with Gasteiger partial charge in [0.1, 0.15) is 0 Å². The quantitative estimate of drug-likeness (QED) is 0.718. The van der Waals surface area contributed by atoms with E-state index in [0.29, 0.717) is 26.1 Å². The Kier molecular flexibility index (Phi) is 5.80. The highest BCUT2D eigenvalue weighted by Crippen LogP contribution is 2.45. The molecule has 1 saturated carbocycles. The lowest BCUT2D eigenvalue weighted by Gasteiger charge is -2.38. The molecule has 22 heavy (non-hydrogen) atoms. The maximum Gasteiger partial charge on any atom is 0.312 e. The molecular weight excluding hydrogens is 284 g/mol. The molecule has 2 aliphatic rings. The smallest absolute Gasteiger partial charge is 0.312 e. The van der Waals surface area contributed by atoms with Crippen LogP contribution in [0.15, 0.2) is 0 Å². The van der Waals surface area contributed by atoms with Crippen molar-refractivity contribution in [1.29, 1.82) is 0 Å². The predicted octanol–water partition coefficient (Wildman–Crippen LogP) is 1.24. The molecule has 1 N–H and O–H groups in total. The van der Waals surface area contributed by atoms with Crippen molar-refractivity contribution in [2.24, 2.45) is 5.41 Å². The first-order valence-corrected chi connectivity index (χ1v) is 8.29. The number of esters is 1. The van der Waals surface area contributed by atoms with Gasteiger partial charge in [-0.25, -0.2) is 0 Å². The normalized spacial score (nSPS) is 20.2. The number of likely N-dealkylation sites (tertiary alicyclic amines) is 1. The summed E-state index contributed by atoms with van der Waals surface area (Å²) in [7, 11) is 0.